The van der Waals surface area contributed by atoms with E-state index in [1.807, 2.05) is 20.8 Å². The Morgan fingerprint density at radius 3 is 2.62 bits per heavy atom. The number of aromatic nitrogens is 1. The van der Waals surface area contributed by atoms with E-state index in [2.05, 4.69) is 15.0 Å². The highest BCUT2D eigenvalue weighted by atomic mass is 32.2. The van der Waals surface area contributed by atoms with Gasteiger partial charge in [0.1, 0.15) is 5.82 Å². The first-order valence-corrected chi connectivity index (χ1v) is 9.06. The SMILES string of the molecule is Cc1ccc(NS(=O)(=O)c2ccc3c(c2)C(C)(C)CC(=O)N3)nc1. The van der Waals surface area contributed by atoms with Gasteiger partial charge in [0, 0.05) is 23.7 Å². The minimum absolute atomic E-state index is 0.0647. The number of benzene rings is 1. The lowest BCUT2D eigenvalue weighted by atomic mass is 9.78. The molecule has 0 fully saturated rings. The number of sulfonamides is 1. The van der Waals surface area contributed by atoms with E-state index in [1.54, 1.807) is 30.5 Å². The van der Waals surface area contributed by atoms with Gasteiger partial charge in [0.2, 0.25) is 5.91 Å². The van der Waals surface area contributed by atoms with Gasteiger partial charge in [-0.25, -0.2) is 13.4 Å². The number of fused-ring (bicyclic) bond motifs is 1. The third kappa shape index (κ3) is 3.12. The summed E-state index contributed by atoms with van der Waals surface area (Å²) in [6.45, 7) is 5.73. The van der Waals surface area contributed by atoms with Crippen molar-refractivity contribution in [3.05, 3.63) is 47.7 Å². The van der Waals surface area contributed by atoms with Crippen LogP contribution in [0.3, 0.4) is 0 Å². The van der Waals surface area contributed by atoms with Gasteiger partial charge in [-0.05, 0) is 42.3 Å². The Bertz CT molecular complexity index is 903. The van der Waals surface area contributed by atoms with Crippen LogP contribution in [0.15, 0.2) is 41.4 Å². The summed E-state index contributed by atoms with van der Waals surface area (Å²) in [6.07, 6.45) is 1.92. The Labute approximate surface area is 141 Å². The molecular weight excluding hydrogens is 326 g/mol. The fraction of sp³-hybridized carbons (Fsp3) is 0.294. The topological polar surface area (TPSA) is 88.2 Å². The van der Waals surface area contributed by atoms with E-state index in [4.69, 9.17) is 0 Å². The van der Waals surface area contributed by atoms with E-state index < -0.39 is 15.4 Å². The van der Waals surface area contributed by atoms with Gasteiger partial charge in [-0.1, -0.05) is 19.9 Å². The zero-order chi connectivity index (χ0) is 17.5. The van der Waals surface area contributed by atoms with Gasteiger partial charge in [0.25, 0.3) is 10.0 Å². The maximum Gasteiger partial charge on any atom is 0.263 e. The van der Waals surface area contributed by atoms with Crippen LogP contribution in [0.2, 0.25) is 0 Å². The summed E-state index contributed by atoms with van der Waals surface area (Å²) in [5.74, 6) is 0.205. The Hall–Kier alpha value is -2.41. The quantitative estimate of drug-likeness (QED) is 0.895. The molecule has 0 saturated heterocycles. The van der Waals surface area contributed by atoms with Crippen molar-refractivity contribution in [2.45, 2.75) is 37.5 Å². The molecule has 0 aliphatic carbocycles. The maximum atomic E-state index is 12.6. The van der Waals surface area contributed by atoms with Crippen LogP contribution >= 0.6 is 0 Å². The fourth-order valence-electron chi connectivity index (χ4n) is 2.78. The van der Waals surface area contributed by atoms with Gasteiger partial charge in [0.15, 0.2) is 0 Å². The van der Waals surface area contributed by atoms with Gasteiger partial charge in [-0.2, -0.15) is 0 Å². The monoisotopic (exact) mass is 345 g/mol. The molecule has 1 aromatic carbocycles. The highest BCUT2D eigenvalue weighted by molar-refractivity contribution is 7.92. The first-order valence-electron chi connectivity index (χ1n) is 7.57. The van der Waals surface area contributed by atoms with Gasteiger partial charge >= 0.3 is 0 Å². The van der Waals surface area contributed by atoms with E-state index in [1.165, 1.54) is 6.07 Å². The molecule has 0 spiro atoms. The van der Waals surface area contributed by atoms with Crippen LogP contribution in [0.4, 0.5) is 11.5 Å². The number of nitrogens with one attached hydrogen (secondary N) is 2. The van der Waals surface area contributed by atoms with Gasteiger partial charge in [0.05, 0.1) is 4.90 Å². The summed E-state index contributed by atoms with van der Waals surface area (Å²) in [5.41, 5.74) is 1.99. The average Bonchev–Trinajstić information content (AvgIpc) is 2.48. The minimum Gasteiger partial charge on any atom is -0.326 e. The average molecular weight is 345 g/mol. The van der Waals surface area contributed by atoms with E-state index in [-0.39, 0.29) is 16.6 Å². The van der Waals surface area contributed by atoms with Crippen LogP contribution in [-0.4, -0.2) is 19.3 Å². The van der Waals surface area contributed by atoms with Crippen molar-refractivity contribution < 1.29 is 13.2 Å². The smallest absolute Gasteiger partial charge is 0.263 e. The number of hydrogen-bond donors (Lipinski definition) is 2. The summed E-state index contributed by atoms with van der Waals surface area (Å²) in [6, 6.07) is 8.14. The second-order valence-electron chi connectivity index (χ2n) is 6.64. The summed E-state index contributed by atoms with van der Waals surface area (Å²) in [7, 11) is -3.75. The summed E-state index contributed by atoms with van der Waals surface area (Å²) < 4.78 is 27.7. The molecule has 0 bridgehead atoms. The molecule has 1 amide bonds. The minimum atomic E-state index is -3.75. The van der Waals surface area contributed by atoms with Crippen molar-refractivity contribution in [3.63, 3.8) is 0 Å². The largest absolute Gasteiger partial charge is 0.326 e. The van der Waals surface area contributed by atoms with E-state index in [9.17, 15) is 13.2 Å². The molecule has 24 heavy (non-hydrogen) atoms. The first-order chi connectivity index (χ1) is 11.2. The Kier molecular flexibility index (Phi) is 3.83. The number of nitrogens with zero attached hydrogens (tertiary/aromatic N) is 1. The number of anilines is 2. The van der Waals surface area contributed by atoms with Crippen molar-refractivity contribution in [1.82, 2.24) is 4.98 Å². The van der Waals surface area contributed by atoms with Crippen LogP contribution in [0, 0.1) is 6.92 Å². The van der Waals surface area contributed by atoms with E-state index in [0.717, 1.165) is 11.1 Å². The van der Waals surface area contributed by atoms with Crippen molar-refractivity contribution in [2.75, 3.05) is 10.0 Å². The molecule has 2 heterocycles. The van der Waals surface area contributed by atoms with Crippen molar-refractivity contribution in [3.8, 4) is 0 Å². The van der Waals surface area contributed by atoms with Crippen LogP contribution in [0.5, 0.6) is 0 Å². The normalized spacial score (nSPS) is 16.2. The third-order valence-electron chi connectivity index (χ3n) is 4.06. The molecule has 2 N–H and O–H groups in total. The fourth-order valence-corrected chi connectivity index (χ4v) is 3.81. The number of amides is 1. The molecule has 0 unspecified atom stereocenters. The predicted molar refractivity (Wildman–Crippen MR) is 92.5 cm³/mol. The summed E-state index contributed by atoms with van der Waals surface area (Å²) in [5, 5.41) is 2.78. The Morgan fingerprint density at radius 2 is 1.96 bits per heavy atom. The van der Waals surface area contributed by atoms with Crippen LogP contribution in [0.25, 0.3) is 0 Å². The molecule has 0 radical (unpaired) electrons. The maximum absolute atomic E-state index is 12.6. The molecule has 2 aromatic rings. The lowest BCUT2D eigenvalue weighted by Gasteiger charge is -2.32. The highest BCUT2D eigenvalue weighted by Gasteiger charge is 2.33. The number of carbonyl (C=O) groups is 1. The molecule has 0 saturated carbocycles. The van der Waals surface area contributed by atoms with Crippen molar-refractivity contribution in [1.29, 1.82) is 0 Å². The number of carbonyl (C=O) groups excluding carboxylic acids is 1. The van der Waals surface area contributed by atoms with Gasteiger partial charge in [-0.3, -0.25) is 9.52 Å². The molecule has 6 nitrogen and oxygen atoms in total. The summed E-state index contributed by atoms with van der Waals surface area (Å²) in [4.78, 5) is 16.0. The lowest BCUT2D eigenvalue weighted by Crippen LogP contribution is -2.32. The number of aryl methyl sites for hydroxylation is 1. The second kappa shape index (κ2) is 5.59. The van der Waals surface area contributed by atoms with Gasteiger partial charge < -0.3 is 5.32 Å². The first kappa shape index (κ1) is 16.4. The number of rotatable bonds is 3. The molecule has 3 rings (SSSR count). The molecular formula is C17H19N3O3S. The molecule has 0 atom stereocenters. The predicted octanol–water partition coefficient (Wildman–Crippen LogP) is 2.81. The third-order valence-corrected chi connectivity index (χ3v) is 5.41. The zero-order valence-corrected chi connectivity index (χ0v) is 14.6. The van der Waals surface area contributed by atoms with Gasteiger partial charge in [-0.15, -0.1) is 0 Å². The Morgan fingerprint density at radius 1 is 1.21 bits per heavy atom. The van der Waals surface area contributed by atoms with Crippen LogP contribution < -0.4 is 10.0 Å². The standard InChI is InChI=1S/C17H19N3O3S/c1-11-4-7-15(18-10-11)20-24(22,23)12-5-6-14-13(8-12)17(2,3)9-16(21)19-14/h4-8,10H,9H2,1-3H3,(H,18,20)(H,19,21). The van der Waals surface area contributed by atoms with Crippen molar-refractivity contribution >= 4 is 27.4 Å². The van der Waals surface area contributed by atoms with E-state index >= 15 is 0 Å². The number of hydrogen-bond acceptors (Lipinski definition) is 4. The zero-order valence-electron chi connectivity index (χ0n) is 13.8. The second-order valence-corrected chi connectivity index (χ2v) is 8.32. The molecule has 126 valence electrons. The molecule has 1 aliphatic heterocycles. The highest BCUT2D eigenvalue weighted by Crippen LogP contribution is 2.38. The van der Waals surface area contributed by atoms with Crippen LogP contribution in [-0.2, 0) is 20.2 Å². The van der Waals surface area contributed by atoms with Crippen molar-refractivity contribution in [2.24, 2.45) is 0 Å². The molecule has 1 aliphatic rings. The Balaban J connectivity index is 1.97. The summed E-state index contributed by atoms with van der Waals surface area (Å²) >= 11 is 0. The van der Waals surface area contributed by atoms with E-state index in [0.29, 0.717) is 12.1 Å². The molecule has 1 aromatic heterocycles. The van der Waals surface area contributed by atoms with Crippen LogP contribution in [0.1, 0.15) is 31.4 Å². The lowest BCUT2D eigenvalue weighted by molar-refractivity contribution is -0.117. The molecule has 7 heteroatoms. The number of pyridine rings is 1.